The van der Waals surface area contributed by atoms with Crippen molar-refractivity contribution in [2.75, 3.05) is 19.8 Å². The summed E-state index contributed by atoms with van der Waals surface area (Å²) in [5.74, 6) is -0.122. The van der Waals surface area contributed by atoms with Gasteiger partial charge in [-0.1, -0.05) is 6.92 Å². The molecule has 0 aromatic heterocycles. The Morgan fingerprint density at radius 1 is 1.56 bits per heavy atom. The Labute approximate surface area is 109 Å². The minimum Gasteiger partial charge on any atom is -0.465 e. The monoisotopic (exact) mass is 255 g/mol. The quantitative estimate of drug-likeness (QED) is 0.736. The molecule has 1 saturated carbocycles. The van der Waals surface area contributed by atoms with Crippen LogP contribution in [0.4, 0.5) is 0 Å². The smallest absolute Gasteiger partial charge is 0.326 e. The van der Waals surface area contributed by atoms with Gasteiger partial charge in [-0.3, -0.25) is 10.1 Å². The molecule has 1 aliphatic heterocycles. The number of esters is 1. The Hall–Kier alpha value is -0.610. The summed E-state index contributed by atoms with van der Waals surface area (Å²) >= 11 is 0. The molecule has 1 heterocycles. The van der Waals surface area contributed by atoms with Crippen molar-refractivity contribution in [3.63, 3.8) is 0 Å². The molecule has 2 atom stereocenters. The number of rotatable bonds is 6. The fourth-order valence-electron chi connectivity index (χ4n) is 2.62. The van der Waals surface area contributed by atoms with Gasteiger partial charge in [-0.05, 0) is 44.9 Å². The summed E-state index contributed by atoms with van der Waals surface area (Å²) < 4.78 is 10.9. The first-order valence-electron chi connectivity index (χ1n) is 7.06. The van der Waals surface area contributed by atoms with Crippen LogP contribution in [0.3, 0.4) is 0 Å². The van der Waals surface area contributed by atoms with Gasteiger partial charge in [-0.15, -0.1) is 0 Å². The highest BCUT2D eigenvalue weighted by atomic mass is 16.5. The maximum absolute atomic E-state index is 12.2. The van der Waals surface area contributed by atoms with E-state index in [9.17, 15) is 4.79 Å². The summed E-state index contributed by atoms with van der Waals surface area (Å²) in [5.41, 5.74) is -0.535. The van der Waals surface area contributed by atoms with Crippen molar-refractivity contribution in [1.82, 2.24) is 5.32 Å². The van der Waals surface area contributed by atoms with Crippen LogP contribution in [0.5, 0.6) is 0 Å². The summed E-state index contributed by atoms with van der Waals surface area (Å²) in [4.78, 5) is 12.2. The second-order valence-electron chi connectivity index (χ2n) is 5.92. The fraction of sp³-hybridized carbons (Fsp3) is 0.929. The van der Waals surface area contributed by atoms with Gasteiger partial charge in [0, 0.05) is 13.2 Å². The first-order valence-corrected chi connectivity index (χ1v) is 7.06. The van der Waals surface area contributed by atoms with E-state index in [4.69, 9.17) is 9.47 Å². The maximum atomic E-state index is 12.2. The van der Waals surface area contributed by atoms with Crippen molar-refractivity contribution in [1.29, 1.82) is 0 Å². The van der Waals surface area contributed by atoms with Crippen LogP contribution in [0, 0.1) is 5.41 Å². The summed E-state index contributed by atoms with van der Waals surface area (Å²) in [7, 11) is 0. The molecule has 0 bridgehead atoms. The van der Waals surface area contributed by atoms with Gasteiger partial charge in [-0.25, -0.2) is 0 Å². The largest absolute Gasteiger partial charge is 0.465 e. The molecule has 0 radical (unpaired) electrons. The molecule has 0 spiro atoms. The van der Waals surface area contributed by atoms with Crippen molar-refractivity contribution in [2.24, 2.45) is 5.41 Å². The Morgan fingerprint density at radius 2 is 2.28 bits per heavy atom. The minimum absolute atomic E-state index is 0.0395. The van der Waals surface area contributed by atoms with Crippen molar-refractivity contribution in [3.8, 4) is 0 Å². The van der Waals surface area contributed by atoms with Gasteiger partial charge in [-0.2, -0.15) is 0 Å². The highest BCUT2D eigenvalue weighted by Gasteiger charge is 2.58. The van der Waals surface area contributed by atoms with Crippen LogP contribution in [0.2, 0.25) is 0 Å². The highest BCUT2D eigenvalue weighted by Crippen LogP contribution is 2.54. The van der Waals surface area contributed by atoms with Crippen LogP contribution in [0.1, 0.15) is 46.5 Å². The van der Waals surface area contributed by atoms with Gasteiger partial charge >= 0.3 is 5.97 Å². The van der Waals surface area contributed by atoms with Crippen molar-refractivity contribution in [3.05, 3.63) is 0 Å². The summed E-state index contributed by atoms with van der Waals surface area (Å²) in [6.07, 6.45) is 4.63. The van der Waals surface area contributed by atoms with Gasteiger partial charge in [0.15, 0.2) is 0 Å². The molecule has 1 saturated heterocycles. The normalized spacial score (nSPS) is 28.7. The fourth-order valence-corrected chi connectivity index (χ4v) is 2.62. The van der Waals surface area contributed by atoms with Crippen molar-refractivity contribution >= 4 is 5.97 Å². The second-order valence-corrected chi connectivity index (χ2v) is 5.92. The number of carbonyl (C=O) groups is 1. The number of ether oxygens (including phenoxy) is 2. The van der Waals surface area contributed by atoms with Crippen LogP contribution in [-0.4, -0.2) is 37.4 Å². The lowest BCUT2D eigenvalue weighted by molar-refractivity contribution is -0.153. The van der Waals surface area contributed by atoms with E-state index in [1.165, 1.54) is 0 Å². The van der Waals surface area contributed by atoms with E-state index in [1.54, 1.807) is 0 Å². The van der Waals surface area contributed by atoms with Crippen molar-refractivity contribution in [2.45, 2.75) is 58.1 Å². The van der Waals surface area contributed by atoms with Crippen LogP contribution >= 0.6 is 0 Å². The van der Waals surface area contributed by atoms with Gasteiger partial charge in [0.05, 0.1) is 12.7 Å². The van der Waals surface area contributed by atoms with Crippen LogP contribution in [-0.2, 0) is 14.3 Å². The molecular formula is C14H25NO3. The molecule has 2 rings (SSSR count). The van der Waals surface area contributed by atoms with Gasteiger partial charge in [0.25, 0.3) is 0 Å². The van der Waals surface area contributed by atoms with E-state index in [0.717, 1.165) is 38.8 Å². The molecule has 18 heavy (non-hydrogen) atoms. The lowest BCUT2D eigenvalue weighted by atomic mass is 9.83. The van der Waals surface area contributed by atoms with E-state index >= 15 is 0 Å². The van der Waals surface area contributed by atoms with Crippen molar-refractivity contribution < 1.29 is 14.3 Å². The zero-order valence-electron chi connectivity index (χ0n) is 11.8. The third kappa shape index (κ3) is 2.54. The standard InChI is InChI=1S/C14H25NO3/c1-4-17-12(16)14(3,13(2)7-8-13)15-10-11-6-5-9-18-11/h11,15H,4-10H2,1-3H3. The van der Waals surface area contributed by atoms with Gasteiger partial charge in [0.2, 0.25) is 0 Å². The molecule has 2 fully saturated rings. The Morgan fingerprint density at radius 3 is 2.78 bits per heavy atom. The third-order valence-corrected chi connectivity index (χ3v) is 4.60. The zero-order chi connectivity index (χ0) is 13.2. The van der Waals surface area contributed by atoms with Crippen LogP contribution < -0.4 is 5.32 Å². The lowest BCUT2D eigenvalue weighted by Crippen LogP contribution is -2.58. The summed E-state index contributed by atoms with van der Waals surface area (Å²) in [6, 6.07) is 0. The number of hydrogen-bond acceptors (Lipinski definition) is 4. The van der Waals surface area contributed by atoms with Crippen LogP contribution in [0.25, 0.3) is 0 Å². The molecule has 2 unspecified atom stereocenters. The van der Waals surface area contributed by atoms with Crippen LogP contribution in [0.15, 0.2) is 0 Å². The molecule has 104 valence electrons. The van der Waals surface area contributed by atoms with E-state index in [-0.39, 0.29) is 17.5 Å². The van der Waals surface area contributed by atoms with E-state index in [2.05, 4.69) is 12.2 Å². The minimum atomic E-state index is -0.574. The molecule has 1 N–H and O–H groups in total. The average molecular weight is 255 g/mol. The number of hydrogen-bond donors (Lipinski definition) is 1. The maximum Gasteiger partial charge on any atom is 0.326 e. The molecule has 1 aliphatic carbocycles. The van der Waals surface area contributed by atoms with Gasteiger partial charge < -0.3 is 9.47 Å². The second kappa shape index (κ2) is 5.17. The Balaban J connectivity index is 1.98. The van der Waals surface area contributed by atoms with Gasteiger partial charge in [0.1, 0.15) is 5.54 Å². The Bertz CT molecular complexity index is 308. The van der Waals surface area contributed by atoms with E-state index < -0.39 is 5.54 Å². The number of nitrogens with one attached hydrogen (secondary N) is 1. The SMILES string of the molecule is CCOC(=O)C(C)(NCC1CCCO1)C1(C)CC1. The first kappa shape index (κ1) is 13.8. The zero-order valence-corrected chi connectivity index (χ0v) is 11.8. The average Bonchev–Trinajstić information content (AvgIpc) is 2.92. The molecule has 0 amide bonds. The predicted molar refractivity (Wildman–Crippen MR) is 69.4 cm³/mol. The molecule has 0 aromatic rings. The molecule has 4 nitrogen and oxygen atoms in total. The van der Waals surface area contributed by atoms with E-state index in [0.29, 0.717) is 6.61 Å². The topological polar surface area (TPSA) is 47.6 Å². The van der Waals surface area contributed by atoms with E-state index in [1.807, 2.05) is 13.8 Å². The Kier molecular flexibility index (Phi) is 3.97. The third-order valence-electron chi connectivity index (χ3n) is 4.60. The number of carbonyl (C=O) groups excluding carboxylic acids is 1. The highest BCUT2D eigenvalue weighted by molar-refractivity contribution is 5.82. The molecule has 4 heteroatoms. The molecule has 2 aliphatic rings. The molecule has 0 aromatic carbocycles. The first-order chi connectivity index (χ1) is 8.52. The molecular weight excluding hydrogens is 230 g/mol. The summed E-state index contributed by atoms with van der Waals surface area (Å²) in [5, 5.41) is 3.43. The lowest BCUT2D eigenvalue weighted by Gasteiger charge is -2.35. The predicted octanol–water partition coefficient (Wildman–Crippen LogP) is 1.88. The summed E-state index contributed by atoms with van der Waals surface area (Å²) in [6.45, 7) is 8.02.